The van der Waals surface area contributed by atoms with Gasteiger partial charge in [-0.3, -0.25) is 4.79 Å². The van der Waals surface area contributed by atoms with Crippen LogP contribution in [0.2, 0.25) is 0 Å². The van der Waals surface area contributed by atoms with Crippen LogP contribution < -0.4 is 5.32 Å². The molecule has 1 aliphatic rings. The molecule has 0 saturated heterocycles. The third-order valence-corrected chi connectivity index (χ3v) is 4.22. The summed E-state index contributed by atoms with van der Waals surface area (Å²) < 4.78 is 0.589. The zero-order valence-electron chi connectivity index (χ0n) is 11.8. The van der Waals surface area contributed by atoms with Crippen molar-refractivity contribution in [1.82, 2.24) is 15.3 Å². The van der Waals surface area contributed by atoms with Crippen LogP contribution >= 0.6 is 15.9 Å². The quantitative estimate of drug-likeness (QED) is 0.880. The van der Waals surface area contributed by atoms with Crippen molar-refractivity contribution in [1.29, 1.82) is 0 Å². The predicted molar refractivity (Wildman–Crippen MR) is 79.5 cm³/mol. The maximum atomic E-state index is 12.2. The van der Waals surface area contributed by atoms with Crippen LogP contribution in [0, 0.1) is 5.92 Å². The van der Waals surface area contributed by atoms with Gasteiger partial charge in [0.15, 0.2) is 0 Å². The smallest absolute Gasteiger partial charge is 0.271 e. The van der Waals surface area contributed by atoms with E-state index in [-0.39, 0.29) is 23.8 Å². The van der Waals surface area contributed by atoms with Crippen LogP contribution in [0.4, 0.5) is 0 Å². The minimum Gasteiger partial charge on any atom is -0.393 e. The molecule has 2 N–H and O–H groups in total. The molecule has 0 radical (unpaired) electrons. The van der Waals surface area contributed by atoms with Crippen LogP contribution in [0.25, 0.3) is 0 Å². The van der Waals surface area contributed by atoms with Crippen LogP contribution in [-0.4, -0.2) is 33.6 Å². The molecule has 2 atom stereocenters. The van der Waals surface area contributed by atoms with E-state index in [9.17, 15) is 9.90 Å². The number of aliphatic hydroxyl groups excluding tert-OH is 1. The number of rotatable bonds is 4. The van der Waals surface area contributed by atoms with Gasteiger partial charge in [0.1, 0.15) is 11.5 Å². The van der Waals surface area contributed by atoms with Crippen molar-refractivity contribution in [2.24, 2.45) is 5.92 Å². The Hall–Kier alpha value is -1.01. The average Bonchev–Trinajstić information content (AvgIpc) is 2.81. The molecule has 1 heterocycles. The zero-order valence-corrected chi connectivity index (χ0v) is 13.4. The van der Waals surface area contributed by atoms with Crippen LogP contribution in [0.1, 0.15) is 55.3 Å². The van der Waals surface area contributed by atoms with E-state index in [4.69, 9.17) is 0 Å². The Balaban J connectivity index is 2.03. The average molecular weight is 342 g/mol. The first-order valence-corrected chi connectivity index (χ1v) is 7.77. The first-order valence-electron chi connectivity index (χ1n) is 6.97. The lowest BCUT2D eigenvalue weighted by Crippen LogP contribution is -2.33. The summed E-state index contributed by atoms with van der Waals surface area (Å²) in [5, 5.41) is 12.6. The molecular formula is C14H20BrN3O2. The number of nitrogens with one attached hydrogen (secondary N) is 1. The Morgan fingerprint density at radius 3 is 2.90 bits per heavy atom. The third kappa shape index (κ3) is 3.55. The number of amides is 1. The SMILES string of the molecule is CC(C)c1ncc(Br)c(C(=O)NC[C@@H]2CCC[C@H]2O)n1. The molecule has 0 spiro atoms. The van der Waals surface area contributed by atoms with Gasteiger partial charge in [0, 0.05) is 24.6 Å². The summed E-state index contributed by atoms with van der Waals surface area (Å²) in [4.78, 5) is 20.7. The van der Waals surface area contributed by atoms with Crippen molar-refractivity contribution in [3.05, 3.63) is 22.2 Å². The lowest BCUT2D eigenvalue weighted by atomic mass is 10.1. The fraction of sp³-hybridized carbons (Fsp3) is 0.643. The van der Waals surface area contributed by atoms with Crippen molar-refractivity contribution in [2.75, 3.05) is 6.54 Å². The molecule has 0 unspecified atom stereocenters. The van der Waals surface area contributed by atoms with Gasteiger partial charge in [-0.25, -0.2) is 9.97 Å². The van der Waals surface area contributed by atoms with Gasteiger partial charge in [-0.15, -0.1) is 0 Å². The van der Waals surface area contributed by atoms with Gasteiger partial charge >= 0.3 is 0 Å². The van der Waals surface area contributed by atoms with Gasteiger partial charge in [0.25, 0.3) is 5.91 Å². The van der Waals surface area contributed by atoms with E-state index in [0.29, 0.717) is 22.5 Å². The van der Waals surface area contributed by atoms with Gasteiger partial charge in [0.2, 0.25) is 0 Å². The van der Waals surface area contributed by atoms with Crippen LogP contribution in [0.3, 0.4) is 0 Å². The van der Waals surface area contributed by atoms with Crippen molar-refractivity contribution >= 4 is 21.8 Å². The van der Waals surface area contributed by atoms with Gasteiger partial charge < -0.3 is 10.4 Å². The van der Waals surface area contributed by atoms with E-state index in [2.05, 4.69) is 31.2 Å². The Bertz CT molecular complexity index is 493. The molecule has 1 fully saturated rings. The largest absolute Gasteiger partial charge is 0.393 e. The highest BCUT2D eigenvalue weighted by atomic mass is 79.9. The molecule has 20 heavy (non-hydrogen) atoms. The Morgan fingerprint density at radius 1 is 1.55 bits per heavy atom. The topological polar surface area (TPSA) is 75.1 Å². The Kier molecular flexibility index (Phi) is 5.10. The molecule has 1 saturated carbocycles. The van der Waals surface area contributed by atoms with E-state index < -0.39 is 0 Å². The molecule has 1 amide bonds. The van der Waals surface area contributed by atoms with E-state index in [1.807, 2.05) is 13.8 Å². The number of carbonyl (C=O) groups excluding carboxylic acids is 1. The first-order chi connectivity index (χ1) is 9.49. The lowest BCUT2D eigenvalue weighted by molar-refractivity contribution is 0.0910. The van der Waals surface area contributed by atoms with Crippen LogP contribution in [-0.2, 0) is 0 Å². The van der Waals surface area contributed by atoms with Gasteiger partial charge in [-0.05, 0) is 28.8 Å². The lowest BCUT2D eigenvalue weighted by Gasteiger charge is -2.15. The van der Waals surface area contributed by atoms with E-state index in [1.54, 1.807) is 6.20 Å². The standard InChI is InChI=1S/C14H20BrN3O2/c1-8(2)13-16-7-10(15)12(18-13)14(20)17-6-9-4-3-5-11(9)19/h7-9,11,19H,3-6H2,1-2H3,(H,17,20)/t9-,11+/m0/s1. The monoisotopic (exact) mass is 341 g/mol. The molecule has 1 aromatic heterocycles. The van der Waals surface area contributed by atoms with Crippen molar-refractivity contribution in [3.63, 3.8) is 0 Å². The fourth-order valence-electron chi connectivity index (χ4n) is 2.38. The highest BCUT2D eigenvalue weighted by Crippen LogP contribution is 2.25. The number of halogens is 1. The molecule has 0 aliphatic heterocycles. The first kappa shape index (κ1) is 15.4. The minimum absolute atomic E-state index is 0.157. The molecule has 1 aliphatic carbocycles. The molecule has 0 bridgehead atoms. The summed E-state index contributed by atoms with van der Waals surface area (Å²) in [6.07, 6.45) is 4.13. The number of hydrogen-bond donors (Lipinski definition) is 2. The van der Waals surface area contributed by atoms with Gasteiger partial charge in [-0.2, -0.15) is 0 Å². The molecular weight excluding hydrogens is 322 g/mol. The number of aromatic nitrogens is 2. The number of aliphatic hydroxyl groups is 1. The van der Waals surface area contributed by atoms with Crippen molar-refractivity contribution in [3.8, 4) is 0 Å². The molecule has 2 rings (SSSR count). The second-order valence-electron chi connectivity index (χ2n) is 5.55. The van der Waals surface area contributed by atoms with Crippen molar-refractivity contribution in [2.45, 2.75) is 45.1 Å². The van der Waals surface area contributed by atoms with Crippen molar-refractivity contribution < 1.29 is 9.90 Å². The second-order valence-corrected chi connectivity index (χ2v) is 6.40. The van der Waals surface area contributed by atoms with Gasteiger partial charge in [-0.1, -0.05) is 20.3 Å². The number of nitrogens with zero attached hydrogens (tertiary/aromatic N) is 2. The number of hydrogen-bond acceptors (Lipinski definition) is 4. The molecule has 6 heteroatoms. The summed E-state index contributed by atoms with van der Waals surface area (Å²) in [5.41, 5.74) is 0.358. The molecule has 110 valence electrons. The Morgan fingerprint density at radius 2 is 2.30 bits per heavy atom. The fourth-order valence-corrected chi connectivity index (χ4v) is 2.75. The van der Waals surface area contributed by atoms with Crippen LogP contribution in [0.15, 0.2) is 10.7 Å². The second kappa shape index (κ2) is 6.63. The maximum Gasteiger partial charge on any atom is 0.271 e. The zero-order chi connectivity index (χ0) is 14.7. The van der Waals surface area contributed by atoms with Crippen LogP contribution in [0.5, 0.6) is 0 Å². The molecule has 0 aromatic carbocycles. The van der Waals surface area contributed by atoms with E-state index >= 15 is 0 Å². The summed E-state index contributed by atoms with van der Waals surface area (Å²) >= 11 is 3.31. The third-order valence-electron chi connectivity index (χ3n) is 3.64. The predicted octanol–water partition coefficient (Wildman–Crippen LogP) is 2.25. The maximum absolute atomic E-state index is 12.2. The van der Waals surface area contributed by atoms with E-state index in [0.717, 1.165) is 19.3 Å². The summed E-state index contributed by atoms with van der Waals surface area (Å²) in [5.74, 6) is 0.759. The minimum atomic E-state index is -0.296. The van der Waals surface area contributed by atoms with Gasteiger partial charge in [0.05, 0.1) is 10.6 Å². The molecule has 1 aromatic rings. The van der Waals surface area contributed by atoms with E-state index in [1.165, 1.54) is 0 Å². The normalized spacial score (nSPS) is 22.2. The summed E-state index contributed by atoms with van der Waals surface area (Å²) in [6.45, 7) is 4.47. The Labute approximate surface area is 127 Å². The summed E-state index contributed by atoms with van der Waals surface area (Å²) in [6, 6.07) is 0. The highest BCUT2D eigenvalue weighted by Gasteiger charge is 2.26. The summed E-state index contributed by atoms with van der Waals surface area (Å²) in [7, 11) is 0. The molecule has 5 nitrogen and oxygen atoms in total. The highest BCUT2D eigenvalue weighted by molar-refractivity contribution is 9.10. The number of carbonyl (C=O) groups is 1.